The summed E-state index contributed by atoms with van der Waals surface area (Å²) in [6.07, 6.45) is 0. The van der Waals surface area contributed by atoms with Crippen LogP contribution in [-0.4, -0.2) is 53.2 Å². The number of nitrogens with zero attached hydrogens (tertiary/aromatic N) is 1. The normalized spacial score (nSPS) is 12.7. The van der Waals surface area contributed by atoms with E-state index in [2.05, 4.69) is 5.32 Å². The summed E-state index contributed by atoms with van der Waals surface area (Å²) in [6, 6.07) is 9.78. The van der Waals surface area contributed by atoms with Crippen LogP contribution in [0.3, 0.4) is 0 Å². The summed E-state index contributed by atoms with van der Waals surface area (Å²) < 4.78 is 47.5. The molecule has 29 heavy (non-hydrogen) atoms. The quantitative estimate of drug-likeness (QED) is 0.685. The van der Waals surface area contributed by atoms with Gasteiger partial charge in [-0.25, -0.2) is 8.42 Å². The van der Waals surface area contributed by atoms with Crippen LogP contribution >= 0.6 is 0 Å². The van der Waals surface area contributed by atoms with Crippen molar-refractivity contribution in [3.8, 4) is 23.0 Å². The third-order valence-corrected chi connectivity index (χ3v) is 6.18. The minimum Gasteiger partial charge on any atom is -0.497 e. The van der Waals surface area contributed by atoms with Gasteiger partial charge in [-0.1, -0.05) is 6.07 Å². The van der Waals surface area contributed by atoms with Gasteiger partial charge in [0.1, 0.15) is 16.4 Å². The average molecular weight is 422 g/mol. The van der Waals surface area contributed by atoms with Gasteiger partial charge in [0.15, 0.2) is 11.5 Å². The maximum Gasteiger partial charge on any atom is 0.247 e. The molecule has 1 heterocycles. The van der Waals surface area contributed by atoms with Crippen LogP contribution in [0.25, 0.3) is 0 Å². The van der Waals surface area contributed by atoms with E-state index in [4.69, 9.17) is 18.9 Å². The maximum atomic E-state index is 12.9. The Bertz CT molecular complexity index is 1010. The first-order chi connectivity index (χ1) is 13.8. The summed E-state index contributed by atoms with van der Waals surface area (Å²) in [5.41, 5.74) is 0.808. The van der Waals surface area contributed by atoms with E-state index >= 15 is 0 Å². The second kappa shape index (κ2) is 8.58. The summed E-state index contributed by atoms with van der Waals surface area (Å²) in [4.78, 5) is 12.2. The first-order valence-corrected chi connectivity index (χ1v) is 10.1. The highest BCUT2D eigenvalue weighted by Crippen LogP contribution is 2.32. The lowest BCUT2D eigenvalue weighted by atomic mass is 10.2. The van der Waals surface area contributed by atoms with Crippen molar-refractivity contribution in [1.29, 1.82) is 0 Å². The molecule has 2 aromatic carbocycles. The molecule has 0 fully saturated rings. The van der Waals surface area contributed by atoms with Gasteiger partial charge in [-0.05, 0) is 29.8 Å². The smallest absolute Gasteiger partial charge is 0.247 e. The van der Waals surface area contributed by atoms with E-state index in [1.807, 2.05) is 0 Å². The van der Waals surface area contributed by atoms with Gasteiger partial charge in [0.25, 0.3) is 0 Å². The second-order valence-corrected chi connectivity index (χ2v) is 8.26. The maximum absolute atomic E-state index is 12.9. The lowest BCUT2D eigenvalue weighted by molar-refractivity contribution is -0.121. The Balaban J connectivity index is 1.65. The standard InChI is InChI=1S/C19H22N2O7S/c1-21(29(23,24)18-9-14(25-2)5-7-16(18)26-3)11-19(22)20-10-13-4-6-15-17(8-13)28-12-27-15/h4-9H,10-12H2,1-3H3,(H,20,22). The van der Waals surface area contributed by atoms with Crippen molar-refractivity contribution < 1.29 is 32.2 Å². The molecule has 0 bridgehead atoms. The number of amides is 1. The molecule has 1 amide bonds. The Morgan fingerprint density at radius 2 is 1.86 bits per heavy atom. The number of hydrogen-bond acceptors (Lipinski definition) is 7. The molecular weight excluding hydrogens is 400 g/mol. The molecule has 9 nitrogen and oxygen atoms in total. The third kappa shape index (κ3) is 4.54. The van der Waals surface area contributed by atoms with Crippen molar-refractivity contribution in [2.24, 2.45) is 0 Å². The van der Waals surface area contributed by atoms with Crippen LogP contribution in [0.2, 0.25) is 0 Å². The van der Waals surface area contributed by atoms with Crippen molar-refractivity contribution in [3.63, 3.8) is 0 Å². The zero-order chi connectivity index (χ0) is 21.0. The van der Waals surface area contributed by atoms with E-state index in [0.717, 1.165) is 9.87 Å². The molecule has 0 radical (unpaired) electrons. The molecule has 0 atom stereocenters. The van der Waals surface area contributed by atoms with E-state index in [9.17, 15) is 13.2 Å². The van der Waals surface area contributed by atoms with Crippen LogP contribution in [0.5, 0.6) is 23.0 Å². The number of methoxy groups -OCH3 is 2. The van der Waals surface area contributed by atoms with E-state index in [1.165, 1.54) is 33.4 Å². The molecule has 1 N–H and O–H groups in total. The van der Waals surface area contributed by atoms with Crippen LogP contribution in [0.1, 0.15) is 5.56 Å². The second-order valence-electron chi connectivity index (χ2n) is 6.24. The van der Waals surface area contributed by atoms with Crippen LogP contribution in [-0.2, 0) is 21.4 Å². The molecule has 0 aliphatic carbocycles. The molecule has 0 aromatic heterocycles. The van der Waals surface area contributed by atoms with E-state index in [-0.39, 0.29) is 30.5 Å². The van der Waals surface area contributed by atoms with Crippen LogP contribution < -0.4 is 24.3 Å². The van der Waals surface area contributed by atoms with Crippen molar-refractivity contribution >= 4 is 15.9 Å². The average Bonchev–Trinajstić information content (AvgIpc) is 3.19. The Morgan fingerprint density at radius 1 is 1.10 bits per heavy atom. The van der Waals surface area contributed by atoms with E-state index in [1.54, 1.807) is 24.3 Å². The summed E-state index contributed by atoms with van der Waals surface area (Å²) in [6.45, 7) is 0.0423. The van der Waals surface area contributed by atoms with Gasteiger partial charge < -0.3 is 24.3 Å². The number of nitrogens with one attached hydrogen (secondary N) is 1. The number of carbonyl (C=O) groups excluding carboxylic acids is 1. The number of ether oxygens (including phenoxy) is 4. The molecular formula is C19H22N2O7S. The van der Waals surface area contributed by atoms with Crippen molar-refractivity contribution in [3.05, 3.63) is 42.0 Å². The molecule has 0 spiro atoms. The SMILES string of the molecule is COc1ccc(OC)c(S(=O)(=O)N(C)CC(=O)NCc2ccc3c(c2)OCO3)c1. The van der Waals surface area contributed by atoms with Crippen LogP contribution in [0.4, 0.5) is 0 Å². The highest BCUT2D eigenvalue weighted by atomic mass is 32.2. The fraction of sp³-hybridized carbons (Fsp3) is 0.316. The Kier molecular flexibility index (Phi) is 6.14. The van der Waals surface area contributed by atoms with Gasteiger partial charge in [0.2, 0.25) is 22.7 Å². The highest BCUT2D eigenvalue weighted by molar-refractivity contribution is 7.89. The van der Waals surface area contributed by atoms with E-state index in [0.29, 0.717) is 17.2 Å². The fourth-order valence-electron chi connectivity index (χ4n) is 2.75. The summed E-state index contributed by atoms with van der Waals surface area (Å²) in [5, 5.41) is 2.70. The summed E-state index contributed by atoms with van der Waals surface area (Å²) in [7, 11) is 0.168. The topological polar surface area (TPSA) is 103 Å². The fourth-order valence-corrected chi connectivity index (χ4v) is 4.04. The number of fused-ring (bicyclic) bond motifs is 1. The number of likely N-dealkylation sites (N-methyl/N-ethyl adjacent to an activating group) is 1. The van der Waals surface area contributed by atoms with Crippen LogP contribution in [0.15, 0.2) is 41.3 Å². The molecule has 1 aliphatic heterocycles. The zero-order valence-electron chi connectivity index (χ0n) is 16.3. The zero-order valence-corrected chi connectivity index (χ0v) is 17.1. The van der Waals surface area contributed by atoms with Gasteiger partial charge >= 0.3 is 0 Å². The predicted molar refractivity (Wildman–Crippen MR) is 104 cm³/mol. The van der Waals surface area contributed by atoms with Gasteiger partial charge in [-0.15, -0.1) is 0 Å². The number of hydrogen-bond donors (Lipinski definition) is 1. The minimum atomic E-state index is -3.97. The largest absolute Gasteiger partial charge is 0.497 e. The monoisotopic (exact) mass is 422 g/mol. The number of rotatable bonds is 8. The van der Waals surface area contributed by atoms with Crippen molar-refractivity contribution in [2.45, 2.75) is 11.4 Å². The Hall–Kier alpha value is -2.98. The molecule has 156 valence electrons. The molecule has 0 unspecified atom stereocenters. The van der Waals surface area contributed by atoms with Gasteiger partial charge in [0.05, 0.1) is 20.8 Å². The van der Waals surface area contributed by atoms with Gasteiger partial charge in [-0.3, -0.25) is 4.79 Å². The van der Waals surface area contributed by atoms with E-state index < -0.39 is 15.9 Å². The van der Waals surface area contributed by atoms with Crippen LogP contribution in [0, 0.1) is 0 Å². The number of sulfonamides is 1. The van der Waals surface area contributed by atoms with Crippen molar-refractivity contribution in [1.82, 2.24) is 9.62 Å². The summed E-state index contributed by atoms with van der Waals surface area (Å²) in [5.74, 6) is 1.35. The van der Waals surface area contributed by atoms with Crippen molar-refractivity contribution in [2.75, 3.05) is 34.6 Å². The first-order valence-electron chi connectivity index (χ1n) is 8.68. The lowest BCUT2D eigenvalue weighted by Crippen LogP contribution is -2.38. The number of benzene rings is 2. The lowest BCUT2D eigenvalue weighted by Gasteiger charge is -2.19. The molecule has 0 saturated carbocycles. The molecule has 10 heteroatoms. The van der Waals surface area contributed by atoms with Gasteiger partial charge in [-0.2, -0.15) is 4.31 Å². The minimum absolute atomic E-state index is 0.0783. The Morgan fingerprint density at radius 3 is 2.59 bits per heavy atom. The predicted octanol–water partition coefficient (Wildman–Crippen LogP) is 1.37. The molecule has 0 saturated heterocycles. The highest BCUT2D eigenvalue weighted by Gasteiger charge is 2.27. The third-order valence-electron chi connectivity index (χ3n) is 4.35. The summed E-state index contributed by atoms with van der Waals surface area (Å²) >= 11 is 0. The molecule has 1 aliphatic rings. The molecule has 3 rings (SSSR count). The number of carbonyl (C=O) groups is 1. The molecule has 2 aromatic rings. The van der Waals surface area contributed by atoms with Gasteiger partial charge in [0, 0.05) is 19.7 Å². The Labute approximate surface area is 169 Å². The first kappa shape index (κ1) is 20.7.